The third-order valence-corrected chi connectivity index (χ3v) is 7.74. The molecule has 2 aliphatic rings. The zero-order valence-electron chi connectivity index (χ0n) is 21.6. The number of nitrogens with zero attached hydrogens (tertiary/aromatic N) is 1. The highest BCUT2D eigenvalue weighted by Crippen LogP contribution is 2.53. The summed E-state index contributed by atoms with van der Waals surface area (Å²) in [7, 11) is 2.61. The van der Waals surface area contributed by atoms with E-state index in [0.717, 1.165) is 16.5 Å². The van der Waals surface area contributed by atoms with E-state index in [-0.39, 0.29) is 12.8 Å². The number of fused-ring (bicyclic) bond motifs is 2. The maximum atomic E-state index is 12.7. The lowest BCUT2D eigenvalue weighted by molar-refractivity contribution is -0.230. The van der Waals surface area contributed by atoms with Gasteiger partial charge in [-0.3, -0.25) is 9.59 Å². The van der Waals surface area contributed by atoms with Crippen molar-refractivity contribution in [3.63, 3.8) is 0 Å². The molecule has 0 bridgehead atoms. The number of aliphatic hydroxyl groups excluding tert-OH is 4. The van der Waals surface area contributed by atoms with Gasteiger partial charge in [0.25, 0.3) is 0 Å². The number of H-pyrrole nitrogens is 1. The Morgan fingerprint density at radius 3 is 2.36 bits per heavy atom. The largest absolute Gasteiger partial charge is 0.469 e. The number of nitrogens with one attached hydrogen (secondary N) is 1. The maximum Gasteiger partial charge on any atom is 0.310 e. The van der Waals surface area contributed by atoms with Crippen LogP contribution in [-0.2, 0) is 30.2 Å². The Balaban J connectivity index is 1.73. The van der Waals surface area contributed by atoms with Gasteiger partial charge >= 0.3 is 11.9 Å². The first-order chi connectivity index (χ1) is 18.8. The molecule has 5 N–H and O–H groups in total. The second kappa shape index (κ2) is 10.9. The molecule has 1 fully saturated rings. The van der Waals surface area contributed by atoms with Crippen molar-refractivity contribution in [2.45, 2.75) is 55.4 Å². The average Bonchev–Trinajstić information content (AvgIpc) is 3.47. The standard InChI is InChI=1S/C28H32N2O9/c1-37-21(32)11-16-14-7-3-5-9-18(14)29-23(16)24-17(12-22(33)38-2)15-8-4-6-10-19(15)30(24)28-27(36)26(35)25(34)20(13-31)39-28/h3-10,17,20,24-29,31,34-36H,11-13H2,1-2H3. The van der Waals surface area contributed by atoms with Crippen molar-refractivity contribution < 1.29 is 44.2 Å². The second-order valence-corrected chi connectivity index (χ2v) is 9.83. The molecule has 39 heavy (non-hydrogen) atoms. The number of ether oxygens (including phenoxy) is 3. The first-order valence-corrected chi connectivity index (χ1v) is 12.7. The van der Waals surface area contributed by atoms with E-state index in [9.17, 15) is 30.0 Å². The normalized spacial score (nSPS) is 28.4. The lowest BCUT2D eigenvalue weighted by atomic mass is 9.87. The van der Waals surface area contributed by atoms with Gasteiger partial charge in [0, 0.05) is 28.2 Å². The number of benzene rings is 2. The van der Waals surface area contributed by atoms with Crippen molar-refractivity contribution in [2.24, 2.45) is 0 Å². The minimum atomic E-state index is -1.61. The highest BCUT2D eigenvalue weighted by molar-refractivity contribution is 5.89. The number of carbonyl (C=O) groups excluding carboxylic acids is 2. The second-order valence-electron chi connectivity index (χ2n) is 9.83. The molecule has 3 aromatic rings. The van der Waals surface area contributed by atoms with E-state index < -0.39 is 61.1 Å². The molecule has 7 atom stereocenters. The van der Waals surface area contributed by atoms with Gasteiger partial charge < -0.3 is 44.5 Å². The van der Waals surface area contributed by atoms with E-state index in [1.165, 1.54) is 14.2 Å². The fraction of sp³-hybridized carbons (Fsp3) is 0.429. The Hall–Kier alpha value is -3.48. The molecule has 208 valence electrons. The fourth-order valence-electron chi connectivity index (χ4n) is 5.86. The van der Waals surface area contributed by atoms with Crippen molar-refractivity contribution in [3.05, 3.63) is 65.4 Å². The highest BCUT2D eigenvalue weighted by atomic mass is 16.6. The third kappa shape index (κ3) is 4.66. The van der Waals surface area contributed by atoms with Crippen LogP contribution in [0, 0.1) is 0 Å². The van der Waals surface area contributed by atoms with Gasteiger partial charge in [-0.2, -0.15) is 0 Å². The van der Waals surface area contributed by atoms with Crippen LogP contribution in [0.25, 0.3) is 10.9 Å². The number of methoxy groups -OCH3 is 2. The molecule has 5 rings (SSSR count). The zero-order chi connectivity index (χ0) is 27.8. The fourth-order valence-corrected chi connectivity index (χ4v) is 5.86. The first-order valence-electron chi connectivity index (χ1n) is 12.7. The van der Waals surface area contributed by atoms with Gasteiger partial charge in [-0.15, -0.1) is 0 Å². The molecule has 0 spiro atoms. The molecular formula is C28H32N2O9. The van der Waals surface area contributed by atoms with E-state index in [4.69, 9.17) is 14.2 Å². The molecule has 0 radical (unpaired) electrons. The smallest absolute Gasteiger partial charge is 0.310 e. The number of carbonyl (C=O) groups is 2. The van der Waals surface area contributed by atoms with Gasteiger partial charge in [0.15, 0.2) is 6.23 Å². The summed E-state index contributed by atoms with van der Waals surface area (Å²) in [4.78, 5) is 30.4. The van der Waals surface area contributed by atoms with Crippen LogP contribution in [0.3, 0.4) is 0 Å². The van der Waals surface area contributed by atoms with Gasteiger partial charge in [-0.1, -0.05) is 36.4 Å². The number of para-hydroxylation sites is 2. The molecule has 1 saturated heterocycles. The highest BCUT2D eigenvalue weighted by Gasteiger charge is 2.52. The summed E-state index contributed by atoms with van der Waals surface area (Å²) in [5, 5.41) is 42.9. The van der Waals surface area contributed by atoms with Gasteiger partial charge in [0.2, 0.25) is 0 Å². The quantitative estimate of drug-likeness (QED) is 0.272. The maximum absolute atomic E-state index is 12.7. The predicted octanol–water partition coefficient (Wildman–Crippen LogP) is 0.891. The van der Waals surface area contributed by atoms with E-state index in [0.29, 0.717) is 16.9 Å². The van der Waals surface area contributed by atoms with Gasteiger partial charge in [-0.05, 0) is 23.3 Å². The molecule has 0 amide bonds. The summed E-state index contributed by atoms with van der Waals surface area (Å²) < 4.78 is 16.0. The Bertz CT molecular complexity index is 1360. The molecule has 2 aliphatic heterocycles. The van der Waals surface area contributed by atoms with Crippen LogP contribution >= 0.6 is 0 Å². The number of rotatable bonds is 7. The summed E-state index contributed by atoms with van der Waals surface area (Å²) in [6, 6.07) is 14.1. The first kappa shape index (κ1) is 27.1. The topological polar surface area (TPSA) is 162 Å². The Morgan fingerprint density at radius 2 is 1.64 bits per heavy atom. The molecule has 3 heterocycles. The van der Waals surface area contributed by atoms with Crippen LogP contribution in [0.5, 0.6) is 0 Å². The zero-order valence-corrected chi connectivity index (χ0v) is 21.6. The summed E-state index contributed by atoms with van der Waals surface area (Å²) in [5.41, 5.74) is 3.41. The molecule has 11 nitrogen and oxygen atoms in total. The molecule has 1 aromatic heterocycles. The van der Waals surface area contributed by atoms with E-state index >= 15 is 0 Å². The van der Waals surface area contributed by atoms with Crippen LogP contribution in [0.4, 0.5) is 5.69 Å². The predicted molar refractivity (Wildman–Crippen MR) is 139 cm³/mol. The number of anilines is 1. The summed E-state index contributed by atoms with van der Waals surface area (Å²) in [6.45, 7) is -0.590. The van der Waals surface area contributed by atoms with Crippen molar-refractivity contribution in [1.29, 1.82) is 0 Å². The average molecular weight is 541 g/mol. The summed E-state index contributed by atoms with van der Waals surface area (Å²) in [5.74, 6) is -1.42. The van der Waals surface area contributed by atoms with Crippen molar-refractivity contribution in [3.8, 4) is 0 Å². The van der Waals surface area contributed by atoms with Crippen LogP contribution in [0.1, 0.15) is 35.2 Å². The Kier molecular flexibility index (Phi) is 7.61. The number of hydrogen-bond acceptors (Lipinski definition) is 10. The number of aliphatic hydroxyl groups is 4. The summed E-state index contributed by atoms with van der Waals surface area (Å²) in [6.07, 6.45) is -7.15. The number of esters is 2. The molecule has 0 saturated carbocycles. The van der Waals surface area contributed by atoms with Gasteiger partial charge in [0.1, 0.15) is 24.4 Å². The molecule has 2 aromatic carbocycles. The monoisotopic (exact) mass is 540 g/mol. The number of aromatic nitrogens is 1. The molecular weight excluding hydrogens is 508 g/mol. The van der Waals surface area contributed by atoms with Crippen molar-refractivity contribution >= 4 is 28.5 Å². The lowest BCUT2D eigenvalue weighted by Crippen LogP contribution is -2.63. The van der Waals surface area contributed by atoms with Crippen molar-refractivity contribution in [2.75, 3.05) is 25.7 Å². The van der Waals surface area contributed by atoms with E-state index in [1.54, 1.807) is 11.0 Å². The lowest BCUT2D eigenvalue weighted by Gasteiger charge is -2.46. The van der Waals surface area contributed by atoms with Crippen LogP contribution < -0.4 is 4.90 Å². The Labute approximate surface area is 224 Å². The third-order valence-electron chi connectivity index (χ3n) is 7.74. The minimum absolute atomic E-state index is 0.0286. The Morgan fingerprint density at radius 1 is 0.949 bits per heavy atom. The van der Waals surface area contributed by atoms with E-state index in [1.807, 2.05) is 42.5 Å². The van der Waals surface area contributed by atoms with Crippen LogP contribution in [-0.4, -0.2) is 88.8 Å². The molecule has 7 unspecified atom stereocenters. The minimum Gasteiger partial charge on any atom is -0.469 e. The number of aromatic amines is 1. The summed E-state index contributed by atoms with van der Waals surface area (Å²) >= 11 is 0. The van der Waals surface area contributed by atoms with Crippen LogP contribution in [0.15, 0.2) is 48.5 Å². The SMILES string of the molecule is COC(=O)Cc1c(C2C(CC(=O)OC)c3ccccc3N2C2OC(CO)C(O)C(O)C2O)[nH]c2ccccc12. The van der Waals surface area contributed by atoms with E-state index in [2.05, 4.69) is 4.98 Å². The van der Waals surface area contributed by atoms with Crippen molar-refractivity contribution in [1.82, 2.24) is 4.98 Å². The van der Waals surface area contributed by atoms with Crippen LogP contribution in [0.2, 0.25) is 0 Å². The van der Waals surface area contributed by atoms with Gasteiger partial charge in [0.05, 0.1) is 39.7 Å². The van der Waals surface area contributed by atoms with Gasteiger partial charge in [-0.25, -0.2) is 0 Å². The number of hydrogen-bond donors (Lipinski definition) is 5. The molecule has 0 aliphatic carbocycles. The molecule has 11 heteroatoms.